The van der Waals surface area contributed by atoms with E-state index in [0.717, 1.165) is 5.56 Å². The number of halogens is 1. The summed E-state index contributed by atoms with van der Waals surface area (Å²) in [6, 6.07) is 16.8. The Morgan fingerprint density at radius 1 is 0.938 bits per heavy atom. The lowest BCUT2D eigenvalue weighted by Crippen LogP contribution is -2.40. The van der Waals surface area contributed by atoms with Gasteiger partial charge in [-0.05, 0) is 42.0 Å². The van der Waals surface area contributed by atoms with Crippen molar-refractivity contribution in [2.24, 2.45) is 0 Å². The fraction of sp³-hybridized carbons (Fsp3) is 0.208. The number of nitrogens with one attached hydrogen (secondary N) is 1. The fourth-order valence-electron chi connectivity index (χ4n) is 3.45. The first kappa shape index (κ1) is 21.8. The number of morpholine rings is 1. The van der Waals surface area contributed by atoms with Crippen molar-refractivity contribution in [3.8, 4) is 0 Å². The molecule has 7 nitrogen and oxygen atoms in total. The minimum absolute atomic E-state index is 0.0576. The second-order valence-corrected chi connectivity index (χ2v) is 7.82. The van der Waals surface area contributed by atoms with E-state index in [1.54, 1.807) is 35.2 Å². The number of anilines is 1. The summed E-state index contributed by atoms with van der Waals surface area (Å²) in [5, 5.41) is 3.36. The van der Waals surface area contributed by atoms with Crippen LogP contribution in [0.25, 0.3) is 0 Å². The van der Waals surface area contributed by atoms with Gasteiger partial charge < -0.3 is 19.5 Å². The molecular weight excluding hydrogens is 430 g/mol. The van der Waals surface area contributed by atoms with E-state index in [9.17, 15) is 14.4 Å². The normalized spacial score (nSPS) is 13.6. The van der Waals surface area contributed by atoms with Crippen LogP contribution in [0.15, 0.2) is 71.7 Å². The summed E-state index contributed by atoms with van der Waals surface area (Å²) in [6.07, 6.45) is 1.51. The van der Waals surface area contributed by atoms with Gasteiger partial charge in [-0.3, -0.25) is 14.4 Å². The Morgan fingerprint density at radius 3 is 2.34 bits per heavy atom. The summed E-state index contributed by atoms with van der Waals surface area (Å²) < 4.78 is 6.72. The van der Waals surface area contributed by atoms with Crippen molar-refractivity contribution < 1.29 is 14.3 Å². The van der Waals surface area contributed by atoms with Gasteiger partial charge in [0, 0.05) is 41.6 Å². The van der Waals surface area contributed by atoms with Gasteiger partial charge in [-0.25, -0.2) is 0 Å². The monoisotopic (exact) mass is 451 g/mol. The summed E-state index contributed by atoms with van der Waals surface area (Å²) in [4.78, 5) is 39.3. The van der Waals surface area contributed by atoms with Crippen LogP contribution in [0.5, 0.6) is 0 Å². The smallest absolute Gasteiger partial charge is 0.257 e. The third kappa shape index (κ3) is 5.07. The minimum Gasteiger partial charge on any atom is -0.378 e. The minimum atomic E-state index is -0.356. The Balaban J connectivity index is 1.45. The lowest BCUT2D eigenvalue weighted by molar-refractivity contribution is 0.0303. The molecule has 4 rings (SSSR count). The average molecular weight is 452 g/mol. The number of pyridine rings is 1. The second-order valence-electron chi connectivity index (χ2n) is 7.41. The van der Waals surface area contributed by atoms with Gasteiger partial charge in [-0.1, -0.05) is 29.8 Å². The number of carbonyl (C=O) groups is 2. The van der Waals surface area contributed by atoms with Gasteiger partial charge in [-0.15, -0.1) is 0 Å². The van der Waals surface area contributed by atoms with Crippen LogP contribution in [0.3, 0.4) is 0 Å². The number of benzene rings is 2. The molecule has 0 aliphatic carbocycles. The third-order valence-electron chi connectivity index (χ3n) is 5.23. The maximum absolute atomic E-state index is 12.7. The molecule has 1 aromatic heterocycles. The standard InChI is InChI=1S/C24H22ClN3O4/c25-21-4-2-1-3-18(21)15-28-16-19(7-10-22(28)29)23(30)26-20-8-5-17(6-9-20)24(31)27-11-13-32-14-12-27/h1-10,16H,11-15H2,(H,26,30). The Hall–Kier alpha value is -3.42. The van der Waals surface area contributed by atoms with E-state index in [1.807, 2.05) is 18.2 Å². The molecule has 2 heterocycles. The van der Waals surface area contributed by atoms with Gasteiger partial charge in [0.05, 0.1) is 25.3 Å². The number of nitrogens with zero attached hydrogens (tertiary/aromatic N) is 2. The molecule has 164 valence electrons. The number of hydrogen-bond acceptors (Lipinski definition) is 4. The average Bonchev–Trinajstić information content (AvgIpc) is 2.82. The molecule has 0 spiro atoms. The van der Waals surface area contributed by atoms with E-state index >= 15 is 0 Å². The van der Waals surface area contributed by atoms with Crippen LogP contribution in [0.4, 0.5) is 5.69 Å². The van der Waals surface area contributed by atoms with Crippen LogP contribution in [-0.2, 0) is 11.3 Å². The highest BCUT2D eigenvalue weighted by molar-refractivity contribution is 6.31. The Kier molecular flexibility index (Phi) is 6.68. The number of rotatable bonds is 5. The Labute approximate surface area is 190 Å². The molecule has 0 saturated carbocycles. The quantitative estimate of drug-likeness (QED) is 0.645. The number of amides is 2. The molecule has 3 aromatic rings. The van der Waals surface area contributed by atoms with Crippen LogP contribution in [0.2, 0.25) is 5.02 Å². The Morgan fingerprint density at radius 2 is 1.62 bits per heavy atom. The van der Waals surface area contributed by atoms with Crippen molar-refractivity contribution in [1.82, 2.24) is 9.47 Å². The van der Waals surface area contributed by atoms with Gasteiger partial charge in [0.15, 0.2) is 0 Å². The molecule has 2 aromatic carbocycles. The summed E-state index contributed by atoms with van der Waals surface area (Å²) in [5.41, 5.74) is 2.00. The lowest BCUT2D eigenvalue weighted by Gasteiger charge is -2.26. The van der Waals surface area contributed by atoms with E-state index in [4.69, 9.17) is 16.3 Å². The maximum atomic E-state index is 12.7. The number of aromatic nitrogens is 1. The molecule has 1 fully saturated rings. The number of hydrogen-bond donors (Lipinski definition) is 1. The predicted octanol–water partition coefficient (Wildman–Crippen LogP) is 3.27. The van der Waals surface area contributed by atoms with Crippen LogP contribution in [-0.4, -0.2) is 47.6 Å². The largest absolute Gasteiger partial charge is 0.378 e. The molecule has 0 atom stereocenters. The summed E-state index contributed by atoms with van der Waals surface area (Å²) in [7, 11) is 0. The SMILES string of the molecule is O=C(Nc1ccc(C(=O)N2CCOCC2)cc1)c1ccc(=O)n(Cc2ccccc2Cl)c1. The van der Waals surface area contributed by atoms with E-state index < -0.39 is 0 Å². The summed E-state index contributed by atoms with van der Waals surface area (Å²) in [5.74, 6) is -0.414. The van der Waals surface area contributed by atoms with Crippen molar-refractivity contribution in [1.29, 1.82) is 0 Å². The zero-order valence-electron chi connectivity index (χ0n) is 17.3. The van der Waals surface area contributed by atoms with E-state index in [-0.39, 0.29) is 23.9 Å². The van der Waals surface area contributed by atoms with Gasteiger partial charge >= 0.3 is 0 Å². The van der Waals surface area contributed by atoms with Crippen LogP contribution < -0.4 is 10.9 Å². The first-order valence-electron chi connectivity index (χ1n) is 10.2. The topological polar surface area (TPSA) is 80.6 Å². The zero-order valence-corrected chi connectivity index (χ0v) is 18.0. The van der Waals surface area contributed by atoms with Crippen molar-refractivity contribution in [3.63, 3.8) is 0 Å². The Bertz CT molecular complexity index is 1180. The lowest BCUT2D eigenvalue weighted by atomic mass is 10.1. The molecule has 8 heteroatoms. The van der Waals surface area contributed by atoms with Crippen molar-refractivity contribution in [2.75, 3.05) is 31.6 Å². The molecule has 1 aliphatic heterocycles. The molecule has 1 N–H and O–H groups in total. The molecule has 2 amide bonds. The molecule has 0 radical (unpaired) electrons. The van der Waals surface area contributed by atoms with E-state index in [2.05, 4.69) is 5.32 Å². The van der Waals surface area contributed by atoms with Crippen molar-refractivity contribution in [3.05, 3.63) is 98.9 Å². The second kappa shape index (κ2) is 9.80. The molecular formula is C24H22ClN3O4. The van der Waals surface area contributed by atoms with Crippen molar-refractivity contribution >= 4 is 29.1 Å². The zero-order chi connectivity index (χ0) is 22.5. The third-order valence-corrected chi connectivity index (χ3v) is 5.60. The van der Waals surface area contributed by atoms with Gasteiger partial charge in [0.1, 0.15) is 0 Å². The van der Waals surface area contributed by atoms with Gasteiger partial charge in [0.25, 0.3) is 17.4 Å². The van der Waals surface area contributed by atoms with Gasteiger partial charge in [0.2, 0.25) is 0 Å². The van der Waals surface area contributed by atoms with Crippen LogP contribution in [0.1, 0.15) is 26.3 Å². The van der Waals surface area contributed by atoms with Crippen LogP contribution >= 0.6 is 11.6 Å². The maximum Gasteiger partial charge on any atom is 0.257 e. The molecule has 0 bridgehead atoms. The highest BCUT2D eigenvalue weighted by atomic mass is 35.5. The summed E-state index contributed by atoms with van der Waals surface area (Å²) in [6.45, 7) is 2.48. The molecule has 32 heavy (non-hydrogen) atoms. The first-order valence-corrected chi connectivity index (χ1v) is 10.6. The van der Waals surface area contributed by atoms with E-state index in [1.165, 1.54) is 22.9 Å². The molecule has 1 aliphatic rings. The number of carbonyl (C=O) groups excluding carboxylic acids is 2. The molecule has 0 unspecified atom stereocenters. The van der Waals surface area contributed by atoms with Gasteiger partial charge in [-0.2, -0.15) is 0 Å². The first-order chi connectivity index (χ1) is 15.5. The number of ether oxygens (including phenoxy) is 1. The summed E-state index contributed by atoms with van der Waals surface area (Å²) >= 11 is 6.19. The fourth-order valence-corrected chi connectivity index (χ4v) is 3.64. The predicted molar refractivity (Wildman–Crippen MR) is 122 cm³/mol. The highest BCUT2D eigenvalue weighted by Crippen LogP contribution is 2.17. The molecule has 1 saturated heterocycles. The van der Waals surface area contributed by atoms with E-state index in [0.29, 0.717) is 48.1 Å². The van der Waals surface area contributed by atoms with Crippen LogP contribution in [0, 0.1) is 0 Å². The van der Waals surface area contributed by atoms with Crippen molar-refractivity contribution in [2.45, 2.75) is 6.54 Å². The highest BCUT2D eigenvalue weighted by Gasteiger charge is 2.18.